The molecule has 1 fully saturated rings. The first-order valence-electron chi connectivity index (χ1n) is 12.7. The van der Waals surface area contributed by atoms with Gasteiger partial charge in [0.2, 0.25) is 17.7 Å². The lowest BCUT2D eigenvalue weighted by Crippen LogP contribution is -2.55. The van der Waals surface area contributed by atoms with E-state index in [0.29, 0.717) is 0 Å². The fraction of sp³-hybridized carbons (Fsp3) is 0.615. The Kier molecular flexibility index (Phi) is 9.17. The predicted molar refractivity (Wildman–Crippen MR) is 133 cm³/mol. The molecule has 2 aliphatic rings. The molecule has 1 saturated heterocycles. The van der Waals surface area contributed by atoms with Crippen LogP contribution in [0.15, 0.2) is 40.6 Å². The standard InChI is InChI=1S/C26H37N5O5/c1-5-6-10-16(2)21-14-22(32)28-19(13-18-11-8-7-9-12-18)24(34)27-17(3)23(33)29-20(25(35)36-21)15-26(4)30-31-26/h7-9,11-12,16-17,19-21H,5-6,10,13-15H2,1-4H3,(H,27,34)(H,28,32)(H,29,33)/t16-,17-,19-,20?,21-/m0/s1. The molecule has 3 N–H and O–H groups in total. The molecule has 196 valence electrons. The second kappa shape index (κ2) is 12.1. The molecule has 2 heterocycles. The van der Waals surface area contributed by atoms with Crippen molar-refractivity contribution in [2.45, 2.75) is 96.1 Å². The third kappa shape index (κ3) is 7.86. The number of rotatable bonds is 8. The molecule has 1 aromatic rings. The number of ether oxygens (including phenoxy) is 1. The van der Waals surface area contributed by atoms with E-state index >= 15 is 0 Å². The zero-order chi connectivity index (χ0) is 26.3. The molecule has 0 spiro atoms. The minimum Gasteiger partial charge on any atom is -0.460 e. The molecule has 0 radical (unpaired) electrons. The Morgan fingerprint density at radius 3 is 2.36 bits per heavy atom. The van der Waals surface area contributed by atoms with Gasteiger partial charge >= 0.3 is 5.97 Å². The maximum Gasteiger partial charge on any atom is 0.329 e. The number of benzene rings is 1. The predicted octanol–water partition coefficient (Wildman–Crippen LogP) is 2.42. The average Bonchev–Trinajstić information content (AvgIpc) is 3.57. The Balaban J connectivity index is 1.87. The van der Waals surface area contributed by atoms with Crippen molar-refractivity contribution >= 4 is 23.7 Å². The third-order valence-electron chi connectivity index (χ3n) is 6.62. The summed E-state index contributed by atoms with van der Waals surface area (Å²) in [6, 6.07) is 6.47. The van der Waals surface area contributed by atoms with E-state index in [0.717, 1.165) is 24.8 Å². The zero-order valence-corrected chi connectivity index (χ0v) is 21.5. The molecule has 5 atom stereocenters. The lowest BCUT2D eigenvalue weighted by atomic mass is 9.95. The normalized spacial score (nSPS) is 27.3. The Bertz CT molecular complexity index is 976. The summed E-state index contributed by atoms with van der Waals surface area (Å²) in [5, 5.41) is 16.1. The van der Waals surface area contributed by atoms with Crippen LogP contribution in [0.3, 0.4) is 0 Å². The molecular weight excluding hydrogens is 462 g/mol. The smallest absolute Gasteiger partial charge is 0.329 e. The highest BCUT2D eigenvalue weighted by molar-refractivity contribution is 5.94. The van der Waals surface area contributed by atoms with Crippen LogP contribution in [0.5, 0.6) is 0 Å². The fourth-order valence-corrected chi connectivity index (χ4v) is 4.22. The summed E-state index contributed by atoms with van der Waals surface area (Å²) >= 11 is 0. The van der Waals surface area contributed by atoms with Gasteiger partial charge in [0.05, 0.1) is 6.42 Å². The third-order valence-corrected chi connectivity index (χ3v) is 6.62. The second-order valence-electron chi connectivity index (χ2n) is 10.0. The van der Waals surface area contributed by atoms with E-state index in [2.05, 4.69) is 33.1 Å². The van der Waals surface area contributed by atoms with Crippen molar-refractivity contribution < 1.29 is 23.9 Å². The molecule has 1 unspecified atom stereocenters. The maximum atomic E-state index is 13.2. The maximum absolute atomic E-state index is 13.2. The monoisotopic (exact) mass is 499 g/mol. The number of nitrogens with zero attached hydrogens (tertiary/aromatic N) is 2. The molecule has 0 aliphatic carbocycles. The molecule has 3 rings (SSSR count). The number of hydrogen-bond donors (Lipinski definition) is 3. The first-order valence-corrected chi connectivity index (χ1v) is 12.7. The highest BCUT2D eigenvalue weighted by atomic mass is 16.5. The van der Waals surface area contributed by atoms with E-state index < -0.39 is 53.6 Å². The summed E-state index contributed by atoms with van der Waals surface area (Å²) in [6.45, 7) is 7.29. The lowest BCUT2D eigenvalue weighted by Gasteiger charge is -2.27. The summed E-state index contributed by atoms with van der Waals surface area (Å²) in [7, 11) is 0. The SMILES string of the molecule is CCCC[C@H](C)[C@@H]1CC(=O)N[C@@H](Cc2ccccc2)C(=O)N[C@@H](C)C(=O)NC(CC2(C)N=N2)C(=O)O1. The number of amides is 3. The molecule has 10 heteroatoms. The summed E-state index contributed by atoms with van der Waals surface area (Å²) in [5.74, 6) is -2.13. The fourth-order valence-electron chi connectivity index (χ4n) is 4.22. The van der Waals surface area contributed by atoms with E-state index in [4.69, 9.17) is 4.74 Å². The summed E-state index contributed by atoms with van der Waals surface area (Å²) < 4.78 is 5.84. The van der Waals surface area contributed by atoms with Crippen LogP contribution in [-0.4, -0.2) is 53.6 Å². The largest absolute Gasteiger partial charge is 0.460 e. The quantitative estimate of drug-likeness (QED) is 0.472. The van der Waals surface area contributed by atoms with Crippen LogP contribution < -0.4 is 16.0 Å². The molecule has 0 bridgehead atoms. The number of unbranched alkanes of at least 4 members (excludes halogenated alkanes) is 1. The molecule has 3 amide bonds. The highest BCUT2D eigenvalue weighted by Crippen LogP contribution is 2.32. The Hall–Kier alpha value is -3.30. The van der Waals surface area contributed by atoms with Gasteiger partial charge in [0, 0.05) is 12.8 Å². The van der Waals surface area contributed by atoms with E-state index in [1.807, 2.05) is 37.3 Å². The topological polar surface area (TPSA) is 138 Å². The minimum absolute atomic E-state index is 0.0859. The van der Waals surface area contributed by atoms with Gasteiger partial charge in [0.25, 0.3) is 0 Å². The van der Waals surface area contributed by atoms with Gasteiger partial charge in [0.1, 0.15) is 24.2 Å². The Morgan fingerprint density at radius 2 is 1.72 bits per heavy atom. The molecular formula is C26H37N5O5. The molecule has 36 heavy (non-hydrogen) atoms. The molecule has 1 aromatic carbocycles. The molecule has 0 aromatic heterocycles. The van der Waals surface area contributed by atoms with Crippen LogP contribution in [0, 0.1) is 5.92 Å². The number of carbonyl (C=O) groups excluding carboxylic acids is 4. The summed E-state index contributed by atoms with van der Waals surface area (Å²) in [6.07, 6.45) is 2.26. The van der Waals surface area contributed by atoms with Gasteiger partial charge in [-0.25, -0.2) is 4.79 Å². The van der Waals surface area contributed by atoms with Gasteiger partial charge in [-0.3, -0.25) is 14.4 Å². The Labute approximate surface area is 212 Å². The number of cyclic esters (lactones) is 1. The van der Waals surface area contributed by atoms with Gasteiger partial charge in [-0.2, -0.15) is 10.2 Å². The van der Waals surface area contributed by atoms with Gasteiger partial charge in [-0.1, -0.05) is 57.0 Å². The van der Waals surface area contributed by atoms with Gasteiger partial charge in [0.15, 0.2) is 5.66 Å². The van der Waals surface area contributed by atoms with Crippen LogP contribution >= 0.6 is 0 Å². The first-order chi connectivity index (χ1) is 17.1. The van der Waals surface area contributed by atoms with Crippen LogP contribution in [-0.2, 0) is 30.3 Å². The van der Waals surface area contributed by atoms with Gasteiger partial charge < -0.3 is 20.7 Å². The molecule has 0 saturated carbocycles. The van der Waals surface area contributed by atoms with E-state index in [1.165, 1.54) is 6.92 Å². The molecule has 10 nitrogen and oxygen atoms in total. The zero-order valence-electron chi connectivity index (χ0n) is 21.5. The number of esters is 1. The van der Waals surface area contributed by atoms with Crippen LogP contribution in [0.2, 0.25) is 0 Å². The van der Waals surface area contributed by atoms with Crippen molar-refractivity contribution in [1.82, 2.24) is 16.0 Å². The van der Waals surface area contributed by atoms with E-state index in [9.17, 15) is 19.2 Å². The number of carbonyl (C=O) groups is 4. The lowest BCUT2D eigenvalue weighted by molar-refractivity contribution is -0.157. The number of hydrogen-bond acceptors (Lipinski definition) is 7. The average molecular weight is 500 g/mol. The van der Waals surface area contributed by atoms with Crippen LogP contribution in [0.1, 0.15) is 65.4 Å². The van der Waals surface area contributed by atoms with E-state index in [1.54, 1.807) is 6.92 Å². The molecule has 2 aliphatic heterocycles. The van der Waals surface area contributed by atoms with Gasteiger partial charge in [-0.05, 0) is 31.7 Å². The van der Waals surface area contributed by atoms with Crippen LogP contribution in [0.25, 0.3) is 0 Å². The summed E-state index contributed by atoms with van der Waals surface area (Å²) in [5.41, 5.74) is 0.0997. The second-order valence-corrected chi connectivity index (χ2v) is 10.0. The summed E-state index contributed by atoms with van der Waals surface area (Å²) in [4.78, 5) is 52.4. The van der Waals surface area contributed by atoms with Crippen molar-refractivity contribution in [3.05, 3.63) is 35.9 Å². The van der Waals surface area contributed by atoms with Crippen molar-refractivity contribution in [3.8, 4) is 0 Å². The first kappa shape index (κ1) is 27.3. The minimum atomic E-state index is -1.01. The van der Waals surface area contributed by atoms with Crippen molar-refractivity contribution in [2.24, 2.45) is 16.1 Å². The van der Waals surface area contributed by atoms with Crippen molar-refractivity contribution in [3.63, 3.8) is 0 Å². The Morgan fingerprint density at radius 1 is 1.03 bits per heavy atom. The highest BCUT2D eigenvalue weighted by Gasteiger charge is 2.42. The van der Waals surface area contributed by atoms with Crippen LogP contribution in [0.4, 0.5) is 0 Å². The van der Waals surface area contributed by atoms with Crippen molar-refractivity contribution in [2.75, 3.05) is 0 Å². The van der Waals surface area contributed by atoms with E-state index in [-0.39, 0.29) is 25.2 Å². The van der Waals surface area contributed by atoms with Crippen molar-refractivity contribution in [1.29, 1.82) is 0 Å². The van der Waals surface area contributed by atoms with Gasteiger partial charge in [-0.15, -0.1) is 0 Å². The number of nitrogens with one attached hydrogen (secondary N) is 3.